The van der Waals surface area contributed by atoms with Gasteiger partial charge in [-0.2, -0.15) is 13.2 Å². The summed E-state index contributed by atoms with van der Waals surface area (Å²) in [4.78, 5) is 11.7. The molecule has 0 heterocycles. The monoisotopic (exact) mass is 354 g/mol. The molecule has 25 heavy (non-hydrogen) atoms. The van der Waals surface area contributed by atoms with Gasteiger partial charge in [-0.05, 0) is 80.4 Å². The zero-order chi connectivity index (χ0) is 18.0. The van der Waals surface area contributed by atoms with Crippen LogP contribution in [-0.2, 0) is 4.79 Å². The first-order chi connectivity index (χ1) is 11.7. The normalized spacial score (nSPS) is 41.2. The standard InChI is InChI=1S/C20H25F3O2/c1-2-18-9-7-15-14-6-4-13(24)11-12(14)3-5-16(15)17(18)8-10-19(18,25)20(21,22)23/h11,16-17,25H,2-10H2,1H3/t16-,17+,18?,19+/m1/s1. The number of hydrogen-bond acceptors (Lipinski definition) is 2. The first-order valence-electron chi connectivity index (χ1n) is 9.48. The van der Waals surface area contributed by atoms with E-state index < -0.39 is 17.2 Å². The number of hydrogen-bond donors (Lipinski definition) is 1. The fourth-order valence-corrected chi connectivity index (χ4v) is 6.53. The van der Waals surface area contributed by atoms with Crippen molar-refractivity contribution in [1.82, 2.24) is 0 Å². The van der Waals surface area contributed by atoms with E-state index in [1.54, 1.807) is 13.0 Å². The highest BCUT2D eigenvalue weighted by atomic mass is 19.4. The summed E-state index contributed by atoms with van der Waals surface area (Å²) < 4.78 is 41.3. The molecule has 4 aliphatic carbocycles. The van der Waals surface area contributed by atoms with E-state index in [2.05, 4.69) is 0 Å². The van der Waals surface area contributed by atoms with Crippen molar-refractivity contribution in [2.24, 2.45) is 17.3 Å². The molecule has 4 rings (SSSR count). The van der Waals surface area contributed by atoms with E-state index in [9.17, 15) is 23.1 Å². The van der Waals surface area contributed by atoms with Crippen LogP contribution in [0.2, 0.25) is 0 Å². The summed E-state index contributed by atoms with van der Waals surface area (Å²) in [6.45, 7) is 1.81. The van der Waals surface area contributed by atoms with Crippen molar-refractivity contribution in [3.8, 4) is 0 Å². The third kappa shape index (κ3) is 2.17. The Balaban J connectivity index is 1.77. The van der Waals surface area contributed by atoms with Gasteiger partial charge in [-0.1, -0.05) is 12.5 Å². The number of rotatable bonds is 1. The molecular formula is C20H25F3O2. The van der Waals surface area contributed by atoms with Crippen LogP contribution in [0.1, 0.15) is 64.7 Å². The van der Waals surface area contributed by atoms with Gasteiger partial charge in [-0.25, -0.2) is 0 Å². The number of carbonyl (C=O) groups excluding carboxylic acids is 1. The summed E-state index contributed by atoms with van der Waals surface area (Å²) in [6, 6.07) is 0. The number of allylic oxidation sites excluding steroid dienone is 4. The molecule has 0 radical (unpaired) electrons. The van der Waals surface area contributed by atoms with E-state index in [0.29, 0.717) is 32.1 Å². The lowest BCUT2D eigenvalue weighted by Gasteiger charge is -2.53. The lowest BCUT2D eigenvalue weighted by atomic mass is 9.53. The van der Waals surface area contributed by atoms with Crippen LogP contribution in [0.3, 0.4) is 0 Å². The molecule has 0 aromatic heterocycles. The molecule has 0 aliphatic heterocycles. The smallest absolute Gasteiger partial charge is 0.380 e. The second-order valence-electron chi connectivity index (χ2n) is 8.30. The van der Waals surface area contributed by atoms with E-state index >= 15 is 0 Å². The maximum absolute atomic E-state index is 13.8. The van der Waals surface area contributed by atoms with Crippen LogP contribution in [0.4, 0.5) is 13.2 Å². The van der Waals surface area contributed by atoms with Gasteiger partial charge in [0.2, 0.25) is 0 Å². The van der Waals surface area contributed by atoms with Gasteiger partial charge in [0, 0.05) is 11.8 Å². The van der Waals surface area contributed by atoms with Crippen molar-refractivity contribution in [3.63, 3.8) is 0 Å². The number of alkyl halides is 3. The Morgan fingerprint density at radius 2 is 1.92 bits per heavy atom. The van der Waals surface area contributed by atoms with Gasteiger partial charge in [0.15, 0.2) is 11.4 Å². The van der Waals surface area contributed by atoms with Crippen molar-refractivity contribution in [3.05, 3.63) is 22.8 Å². The summed E-state index contributed by atoms with van der Waals surface area (Å²) in [7, 11) is 0. The number of fused-ring (bicyclic) bond motifs is 4. The molecule has 0 amide bonds. The van der Waals surface area contributed by atoms with E-state index in [0.717, 1.165) is 24.8 Å². The first-order valence-corrected chi connectivity index (χ1v) is 9.48. The SMILES string of the molecule is CCC12CCC3=C4CCC(=O)C=C4CC[C@H]3[C@@H]1CC[C@@]2(O)C(F)(F)F. The molecule has 4 atom stereocenters. The highest BCUT2D eigenvalue weighted by Crippen LogP contribution is 2.68. The molecule has 0 aromatic rings. The molecule has 138 valence electrons. The Kier molecular flexibility index (Phi) is 3.77. The van der Waals surface area contributed by atoms with Crippen LogP contribution in [0.5, 0.6) is 0 Å². The molecule has 2 nitrogen and oxygen atoms in total. The zero-order valence-corrected chi connectivity index (χ0v) is 14.6. The predicted octanol–water partition coefficient (Wildman–Crippen LogP) is 4.88. The van der Waals surface area contributed by atoms with Crippen molar-refractivity contribution in [2.45, 2.75) is 76.5 Å². The minimum Gasteiger partial charge on any atom is -0.380 e. The van der Waals surface area contributed by atoms with Gasteiger partial charge < -0.3 is 5.11 Å². The molecule has 4 aliphatic rings. The van der Waals surface area contributed by atoms with Crippen molar-refractivity contribution in [1.29, 1.82) is 0 Å². The molecule has 2 fully saturated rings. The number of ketones is 1. The minimum atomic E-state index is -4.57. The predicted molar refractivity (Wildman–Crippen MR) is 87.8 cm³/mol. The van der Waals surface area contributed by atoms with Gasteiger partial charge >= 0.3 is 6.18 Å². The van der Waals surface area contributed by atoms with Gasteiger partial charge in [0.05, 0.1) is 0 Å². The Labute approximate surface area is 146 Å². The molecule has 1 unspecified atom stereocenters. The van der Waals surface area contributed by atoms with Crippen molar-refractivity contribution in [2.75, 3.05) is 0 Å². The third-order valence-electron chi connectivity index (χ3n) is 7.68. The van der Waals surface area contributed by atoms with E-state index in [4.69, 9.17) is 0 Å². The second kappa shape index (κ2) is 5.45. The van der Waals surface area contributed by atoms with Crippen LogP contribution in [0, 0.1) is 17.3 Å². The number of aliphatic hydroxyl groups is 1. The van der Waals surface area contributed by atoms with Gasteiger partial charge in [0.1, 0.15) is 0 Å². The summed E-state index contributed by atoms with van der Waals surface area (Å²) in [5.74, 6) is 0.216. The molecule has 2 saturated carbocycles. The van der Waals surface area contributed by atoms with Gasteiger partial charge in [0.25, 0.3) is 0 Å². The Morgan fingerprint density at radius 1 is 1.16 bits per heavy atom. The highest BCUT2D eigenvalue weighted by Gasteiger charge is 2.72. The quantitative estimate of drug-likeness (QED) is 0.729. The maximum atomic E-state index is 13.8. The lowest BCUT2D eigenvalue weighted by Crippen LogP contribution is -2.59. The fraction of sp³-hybridized carbons (Fsp3) is 0.750. The minimum absolute atomic E-state index is 0.0976. The van der Waals surface area contributed by atoms with Gasteiger partial charge in [-0.3, -0.25) is 4.79 Å². The van der Waals surface area contributed by atoms with E-state index in [-0.39, 0.29) is 24.0 Å². The van der Waals surface area contributed by atoms with Crippen LogP contribution >= 0.6 is 0 Å². The van der Waals surface area contributed by atoms with E-state index in [1.165, 1.54) is 11.1 Å². The third-order valence-corrected chi connectivity index (χ3v) is 7.68. The van der Waals surface area contributed by atoms with Gasteiger partial charge in [-0.15, -0.1) is 0 Å². The number of carbonyl (C=O) groups is 1. The summed E-state index contributed by atoms with van der Waals surface area (Å²) in [5, 5.41) is 10.7. The van der Waals surface area contributed by atoms with Crippen molar-refractivity contribution < 1.29 is 23.1 Å². The van der Waals surface area contributed by atoms with Crippen molar-refractivity contribution >= 4 is 5.78 Å². The summed E-state index contributed by atoms with van der Waals surface area (Å²) in [5.41, 5.74) is 0.0732. The summed E-state index contributed by atoms with van der Waals surface area (Å²) >= 11 is 0. The zero-order valence-electron chi connectivity index (χ0n) is 14.6. The molecule has 1 N–H and O–H groups in total. The average molecular weight is 354 g/mol. The Morgan fingerprint density at radius 3 is 2.60 bits per heavy atom. The second-order valence-corrected chi connectivity index (χ2v) is 8.30. The molecular weight excluding hydrogens is 329 g/mol. The highest BCUT2D eigenvalue weighted by molar-refractivity contribution is 5.93. The topological polar surface area (TPSA) is 37.3 Å². The average Bonchev–Trinajstić information content (AvgIpc) is 2.89. The number of halogens is 3. The summed E-state index contributed by atoms with van der Waals surface area (Å²) in [6.07, 6.45) is 1.73. The van der Waals surface area contributed by atoms with Crippen LogP contribution in [-0.4, -0.2) is 22.7 Å². The largest absolute Gasteiger partial charge is 0.417 e. The molecule has 0 bridgehead atoms. The maximum Gasteiger partial charge on any atom is 0.417 e. The fourth-order valence-electron chi connectivity index (χ4n) is 6.53. The Bertz CT molecular complexity index is 675. The Hall–Kier alpha value is -1.10. The van der Waals surface area contributed by atoms with Crippen LogP contribution in [0.15, 0.2) is 22.8 Å². The lowest BCUT2D eigenvalue weighted by molar-refractivity contribution is -0.302. The molecule has 0 aromatic carbocycles. The van der Waals surface area contributed by atoms with Crippen LogP contribution < -0.4 is 0 Å². The van der Waals surface area contributed by atoms with E-state index in [1.807, 2.05) is 0 Å². The molecule has 0 saturated heterocycles. The first kappa shape index (κ1) is 17.3. The molecule has 5 heteroatoms. The molecule has 0 spiro atoms. The van der Waals surface area contributed by atoms with Crippen LogP contribution in [0.25, 0.3) is 0 Å².